The fraction of sp³-hybridized carbons (Fsp3) is 0.105. The summed E-state index contributed by atoms with van der Waals surface area (Å²) in [6.07, 6.45) is 5.04. The molecule has 0 aliphatic rings. The van der Waals surface area contributed by atoms with Crippen molar-refractivity contribution < 1.29 is 9.53 Å². The van der Waals surface area contributed by atoms with Crippen LogP contribution in [0.15, 0.2) is 67.3 Å². The maximum Gasteiger partial charge on any atom is 0.189 e. The molecule has 0 unspecified atom stereocenters. The maximum atomic E-state index is 12.4. The summed E-state index contributed by atoms with van der Waals surface area (Å²) in [7, 11) is 0. The van der Waals surface area contributed by atoms with Crippen molar-refractivity contribution in [1.29, 1.82) is 0 Å². The summed E-state index contributed by atoms with van der Waals surface area (Å²) >= 11 is 0. The van der Waals surface area contributed by atoms with E-state index in [9.17, 15) is 4.79 Å². The van der Waals surface area contributed by atoms with Crippen molar-refractivity contribution in [2.45, 2.75) is 6.92 Å². The molecule has 2 nitrogen and oxygen atoms in total. The summed E-state index contributed by atoms with van der Waals surface area (Å²) < 4.78 is 5.54. The SMILES string of the molecule is C=CCOc1ccc(C)cc1C(=O)/C=C/c1ccccc1. The van der Waals surface area contributed by atoms with Crippen molar-refractivity contribution in [3.63, 3.8) is 0 Å². The van der Waals surface area contributed by atoms with Gasteiger partial charge >= 0.3 is 0 Å². The van der Waals surface area contributed by atoms with Crippen molar-refractivity contribution in [3.8, 4) is 5.75 Å². The molecule has 2 aromatic carbocycles. The van der Waals surface area contributed by atoms with Gasteiger partial charge in [0.2, 0.25) is 0 Å². The van der Waals surface area contributed by atoms with Gasteiger partial charge in [-0.05, 0) is 30.7 Å². The highest BCUT2D eigenvalue weighted by molar-refractivity contribution is 6.08. The number of benzene rings is 2. The van der Waals surface area contributed by atoms with E-state index in [1.807, 2.05) is 61.5 Å². The quantitative estimate of drug-likeness (QED) is 0.443. The van der Waals surface area contributed by atoms with Crippen LogP contribution in [0.3, 0.4) is 0 Å². The smallest absolute Gasteiger partial charge is 0.189 e. The number of allylic oxidation sites excluding steroid dienone is 1. The topological polar surface area (TPSA) is 26.3 Å². The van der Waals surface area contributed by atoms with E-state index < -0.39 is 0 Å². The molecule has 0 bridgehead atoms. The van der Waals surface area contributed by atoms with E-state index in [-0.39, 0.29) is 5.78 Å². The average Bonchev–Trinajstić information content (AvgIpc) is 2.52. The number of hydrogen-bond acceptors (Lipinski definition) is 2. The highest BCUT2D eigenvalue weighted by Crippen LogP contribution is 2.21. The molecule has 2 heteroatoms. The normalized spacial score (nSPS) is 10.5. The van der Waals surface area contributed by atoms with E-state index in [1.54, 1.807) is 12.2 Å². The van der Waals surface area contributed by atoms with Gasteiger partial charge < -0.3 is 4.74 Å². The highest BCUT2D eigenvalue weighted by atomic mass is 16.5. The number of hydrogen-bond donors (Lipinski definition) is 0. The first-order valence-corrected chi connectivity index (χ1v) is 6.82. The van der Waals surface area contributed by atoms with Crippen molar-refractivity contribution in [1.82, 2.24) is 0 Å². The molecule has 0 radical (unpaired) electrons. The zero-order valence-corrected chi connectivity index (χ0v) is 12.1. The molecule has 0 spiro atoms. The summed E-state index contributed by atoms with van der Waals surface area (Å²) in [5.74, 6) is 0.518. The Labute approximate surface area is 125 Å². The van der Waals surface area contributed by atoms with Crippen LogP contribution in [0.5, 0.6) is 5.75 Å². The van der Waals surface area contributed by atoms with Crippen LogP contribution >= 0.6 is 0 Å². The molecule has 21 heavy (non-hydrogen) atoms. The fourth-order valence-corrected chi connectivity index (χ4v) is 1.94. The number of aryl methyl sites for hydroxylation is 1. The van der Waals surface area contributed by atoms with E-state index in [2.05, 4.69) is 6.58 Å². The second-order valence-corrected chi connectivity index (χ2v) is 4.71. The first-order valence-electron chi connectivity index (χ1n) is 6.82. The predicted octanol–water partition coefficient (Wildman–Crippen LogP) is 4.46. The molecular weight excluding hydrogens is 260 g/mol. The number of ether oxygens (including phenoxy) is 1. The Morgan fingerprint density at radius 3 is 2.67 bits per heavy atom. The summed E-state index contributed by atoms with van der Waals surface area (Å²) in [6, 6.07) is 15.3. The lowest BCUT2D eigenvalue weighted by molar-refractivity contribution is 0.104. The zero-order valence-electron chi connectivity index (χ0n) is 12.1. The second kappa shape index (κ2) is 7.25. The van der Waals surface area contributed by atoms with Gasteiger partial charge in [-0.3, -0.25) is 4.79 Å². The minimum absolute atomic E-state index is 0.0679. The van der Waals surface area contributed by atoms with E-state index in [1.165, 1.54) is 0 Å². The molecule has 0 saturated carbocycles. The third kappa shape index (κ3) is 4.18. The predicted molar refractivity (Wildman–Crippen MR) is 86.7 cm³/mol. The molecule has 0 aliphatic carbocycles. The third-order valence-electron chi connectivity index (χ3n) is 2.98. The Balaban J connectivity index is 2.23. The molecule has 2 rings (SSSR count). The largest absolute Gasteiger partial charge is 0.489 e. The molecule has 0 fully saturated rings. The van der Waals surface area contributed by atoms with Gasteiger partial charge in [0.05, 0.1) is 5.56 Å². The first kappa shape index (κ1) is 14.8. The van der Waals surface area contributed by atoms with E-state index in [0.29, 0.717) is 17.9 Å². The van der Waals surface area contributed by atoms with Gasteiger partial charge in [-0.15, -0.1) is 0 Å². The molecule has 0 saturated heterocycles. The maximum absolute atomic E-state index is 12.4. The van der Waals surface area contributed by atoms with Gasteiger partial charge in [0.15, 0.2) is 5.78 Å². The van der Waals surface area contributed by atoms with Crippen LogP contribution in [0.4, 0.5) is 0 Å². The van der Waals surface area contributed by atoms with Gasteiger partial charge in [0.1, 0.15) is 12.4 Å². The van der Waals surface area contributed by atoms with Gasteiger partial charge in [-0.1, -0.05) is 60.7 Å². The molecule has 0 amide bonds. The van der Waals surface area contributed by atoms with Crippen molar-refractivity contribution in [3.05, 3.63) is 84.0 Å². The summed E-state index contributed by atoms with van der Waals surface area (Å²) in [5.41, 5.74) is 2.59. The van der Waals surface area contributed by atoms with Gasteiger partial charge in [-0.2, -0.15) is 0 Å². The third-order valence-corrected chi connectivity index (χ3v) is 2.98. The monoisotopic (exact) mass is 278 g/mol. The minimum Gasteiger partial charge on any atom is -0.489 e. The molecular formula is C19H18O2. The lowest BCUT2D eigenvalue weighted by atomic mass is 10.1. The molecule has 2 aromatic rings. The Morgan fingerprint density at radius 1 is 1.19 bits per heavy atom. The summed E-state index contributed by atoms with van der Waals surface area (Å²) in [5, 5.41) is 0. The summed E-state index contributed by atoms with van der Waals surface area (Å²) in [6.45, 7) is 5.95. The molecule has 0 atom stereocenters. The average molecular weight is 278 g/mol. The van der Waals surface area contributed by atoms with Gasteiger partial charge in [0, 0.05) is 0 Å². The first-order chi connectivity index (χ1) is 10.2. The van der Waals surface area contributed by atoms with Gasteiger partial charge in [0.25, 0.3) is 0 Å². The fourth-order valence-electron chi connectivity index (χ4n) is 1.94. The number of ketones is 1. The molecule has 0 aromatic heterocycles. The van der Waals surface area contributed by atoms with Gasteiger partial charge in [-0.25, -0.2) is 0 Å². The lowest BCUT2D eigenvalue weighted by Crippen LogP contribution is -2.02. The summed E-state index contributed by atoms with van der Waals surface area (Å²) in [4.78, 5) is 12.4. The Hall–Kier alpha value is -2.61. The Morgan fingerprint density at radius 2 is 1.95 bits per heavy atom. The van der Waals surface area contributed by atoms with Crippen molar-refractivity contribution in [2.75, 3.05) is 6.61 Å². The Bertz CT molecular complexity index is 655. The molecule has 106 valence electrons. The van der Waals surface area contributed by atoms with Crippen LogP contribution in [-0.2, 0) is 0 Å². The van der Waals surface area contributed by atoms with E-state index in [0.717, 1.165) is 11.1 Å². The Kier molecular flexibility index (Phi) is 5.10. The van der Waals surface area contributed by atoms with Crippen LogP contribution in [0.25, 0.3) is 6.08 Å². The molecule has 0 aliphatic heterocycles. The molecule has 0 N–H and O–H groups in total. The standard InChI is InChI=1S/C19H18O2/c1-3-13-21-19-12-9-15(2)14-17(19)18(20)11-10-16-7-5-4-6-8-16/h3-12,14H,1,13H2,2H3/b11-10+. The molecule has 0 heterocycles. The lowest BCUT2D eigenvalue weighted by Gasteiger charge is -2.08. The van der Waals surface area contributed by atoms with Crippen molar-refractivity contribution in [2.24, 2.45) is 0 Å². The van der Waals surface area contributed by atoms with Crippen LogP contribution in [0, 0.1) is 6.92 Å². The van der Waals surface area contributed by atoms with Crippen LogP contribution in [0.2, 0.25) is 0 Å². The number of carbonyl (C=O) groups is 1. The zero-order chi connectivity index (χ0) is 15.1. The second-order valence-electron chi connectivity index (χ2n) is 4.71. The minimum atomic E-state index is -0.0679. The number of carbonyl (C=O) groups excluding carboxylic acids is 1. The van der Waals surface area contributed by atoms with E-state index in [4.69, 9.17) is 4.74 Å². The van der Waals surface area contributed by atoms with Crippen LogP contribution < -0.4 is 4.74 Å². The van der Waals surface area contributed by atoms with Crippen LogP contribution in [-0.4, -0.2) is 12.4 Å². The van der Waals surface area contributed by atoms with Crippen molar-refractivity contribution >= 4 is 11.9 Å². The number of rotatable bonds is 6. The highest BCUT2D eigenvalue weighted by Gasteiger charge is 2.10. The van der Waals surface area contributed by atoms with E-state index >= 15 is 0 Å². The van der Waals surface area contributed by atoms with Crippen LogP contribution in [0.1, 0.15) is 21.5 Å².